The van der Waals surface area contributed by atoms with Crippen LogP contribution in [0, 0.1) is 26.7 Å². The van der Waals surface area contributed by atoms with E-state index in [2.05, 4.69) is 28.9 Å². The molecule has 0 bridgehead atoms. The molecule has 2 aliphatic rings. The normalized spacial score (nSPS) is 21.9. The Morgan fingerprint density at radius 2 is 1.77 bits per heavy atom. The van der Waals surface area contributed by atoms with Crippen molar-refractivity contribution in [3.63, 3.8) is 0 Å². The van der Waals surface area contributed by atoms with Crippen LogP contribution >= 0.6 is 15.9 Å². The minimum atomic E-state index is -3.65. The van der Waals surface area contributed by atoms with Crippen molar-refractivity contribution in [3.8, 4) is 0 Å². The largest absolute Gasteiger partial charge is 0.309 e. The Hall–Kier alpha value is -1.70. The van der Waals surface area contributed by atoms with E-state index in [0.717, 1.165) is 38.8 Å². The number of nitrogens with zero attached hydrogens (tertiary/aromatic N) is 2. The summed E-state index contributed by atoms with van der Waals surface area (Å²) in [5.74, 6) is -0.294. The van der Waals surface area contributed by atoms with Crippen LogP contribution in [0.1, 0.15) is 42.0 Å². The summed E-state index contributed by atoms with van der Waals surface area (Å²) >= 11 is 3.51. The van der Waals surface area contributed by atoms with Crippen molar-refractivity contribution in [3.05, 3.63) is 57.1 Å². The van der Waals surface area contributed by atoms with E-state index in [0.29, 0.717) is 24.3 Å². The number of sulfonamides is 1. The molecule has 2 aromatic rings. The van der Waals surface area contributed by atoms with Crippen LogP contribution in [0.2, 0.25) is 0 Å². The molecular formula is C24H29BrN2O3S. The van der Waals surface area contributed by atoms with Gasteiger partial charge in [0, 0.05) is 29.3 Å². The van der Waals surface area contributed by atoms with E-state index < -0.39 is 10.0 Å². The van der Waals surface area contributed by atoms with Crippen molar-refractivity contribution in [2.75, 3.05) is 18.0 Å². The fraction of sp³-hybridized carbons (Fsp3) is 0.458. The summed E-state index contributed by atoms with van der Waals surface area (Å²) in [5.41, 5.74) is 4.68. The van der Waals surface area contributed by atoms with Crippen molar-refractivity contribution in [1.29, 1.82) is 0 Å². The average Bonchev–Trinajstić information content (AvgIpc) is 3.01. The molecule has 1 amide bonds. The lowest BCUT2D eigenvalue weighted by molar-refractivity contribution is -0.123. The van der Waals surface area contributed by atoms with Gasteiger partial charge in [0.1, 0.15) is 0 Å². The number of benzene rings is 2. The number of piperidine rings is 1. The van der Waals surface area contributed by atoms with Gasteiger partial charge in [0.15, 0.2) is 0 Å². The summed E-state index contributed by atoms with van der Waals surface area (Å²) in [6.07, 6.45) is 2.22. The minimum absolute atomic E-state index is 0.0332. The molecule has 1 fully saturated rings. The van der Waals surface area contributed by atoms with Crippen LogP contribution in [0.3, 0.4) is 0 Å². The first-order valence-corrected chi connectivity index (χ1v) is 13.0. The molecule has 0 spiro atoms. The predicted molar refractivity (Wildman–Crippen MR) is 127 cm³/mol. The highest BCUT2D eigenvalue weighted by Crippen LogP contribution is 2.37. The van der Waals surface area contributed by atoms with Crippen LogP contribution in [-0.4, -0.2) is 37.8 Å². The maximum absolute atomic E-state index is 13.5. The molecule has 2 aromatic carbocycles. The summed E-state index contributed by atoms with van der Waals surface area (Å²) in [6, 6.07) is 9.90. The molecule has 2 aliphatic heterocycles. The highest BCUT2D eigenvalue weighted by atomic mass is 79.9. The van der Waals surface area contributed by atoms with Crippen molar-refractivity contribution in [2.45, 2.75) is 57.9 Å². The molecule has 31 heavy (non-hydrogen) atoms. The van der Waals surface area contributed by atoms with Crippen molar-refractivity contribution >= 4 is 37.5 Å². The van der Waals surface area contributed by atoms with E-state index in [4.69, 9.17) is 0 Å². The molecule has 0 saturated carbocycles. The van der Waals surface area contributed by atoms with Gasteiger partial charge >= 0.3 is 0 Å². The Bertz CT molecular complexity index is 1120. The third-order valence-corrected chi connectivity index (χ3v) is 9.10. The fourth-order valence-corrected chi connectivity index (χ4v) is 7.54. The van der Waals surface area contributed by atoms with Gasteiger partial charge in [-0.1, -0.05) is 33.6 Å². The van der Waals surface area contributed by atoms with Crippen LogP contribution < -0.4 is 4.90 Å². The van der Waals surface area contributed by atoms with Gasteiger partial charge in [-0.3, -0.25) is 4.79 Å². The lowest BCUT2D eigenvalue weighted by atomic mass is 9.97. The van der Waals surface area contributed by atoms with Gasteiger partial charge in [-0.25, -0.2) is 8.42 Å². The third-order valence-electron chi connectivity index (χ3n) is 6.43. The maximum Gasteiger partial charge on any atom is 0.243 e. The number of carbonyl (C=O) groups is 1. The molecule has 0 aromatic heterocycles. The van der Waals surface area contributed by atoms with Crippen LogP contribution in [0.25, 0.3) is 0 Å². The van der Waals surface area contributed by atoms with Crippen LogP contribution in [-0.2, 0) is 21.2 Å². The minimum Gasteiger partial charge on any atom is -0.309 e. The molecule has 2 atom stereocenters. The van der Waals surface area contributed by atoms with Gasteiger partial charge in [-0.15, -0.1) is 0 Å². The van der Waals surface area contributed by atoms with E-state index in [-0.39, 0.29) is 24.4 Å². The van der Waals surface area contributed by atoms with E-state index in [9.17, 15) is 13.2 Å². The monoisotopic (exact) mass is 504 g/mol. The van der Waals surface area contributed by atoms with Gasteiger partial charge in [0.2, 0.25) is 15.9 Å². The molecule has 2 heterocycles. The summed E-state index contributed by atoms with van der Waals surface area (Å²) in [6.45, 7) is 8.42. The Morgan fingerprint density at radius 1 is 1.10 bits per heavy atom. The molecule has 0 radical (unpaired) electrons. The number of hydrogen-bond acceptors (Lipinski definition) is 3. The number of halogens is 1. The van der Waals surface area contributed by atoms with Crippen molar-refractivity contribution in [2.24, 2.45) is 5.92 Å². The summed E-state index contributed by atoms with van der Waals surface area (Å²) in [7, 11) is -3.65. The zero-order chi connectivity index (χ0) is 22.5. The molecule has 0 aliphatic carbocycles. The number of anilines is 1. The van der Waals surface area contributed by atoms with Crippen LogP contribution in [0.4, 0.5) is 5.69 Å². The number of hydrogen-bond donors (Lipinski definition) is 0. The number of carbonyl (C=O) groups excluding carboxylic acids is 1. The number of rotatable bonds is 3. The second-order valence-electron chi connectivity index (χ2n) is 8.96. The average molecular weight is 505 g/mol. The van der Waals surface area contributed by atoms with Gasteiger partial charge in [-0.05, 0) is 81.8 Å². The van der Waals surface area contributed by atoms with E-state index in [1.165, 1.54) is 4.31 Å². The van der Waals surface area contributed by atoms with E-state index >= 15 is 0 Å². The molecule has 7 heteroatoms. The number of aryl methyl sites for hydroxylation is 3. The first kappa shape index (κ1) is 22.5. The molecule has 1 saturated heterocycles. The molecule has 0 unspecified atom stereocenters. The van der Waals surface area contributed by atoms with Gasteiger partial charge < -0.3 is 4.90 Å². The van der Waals surface area contributed by atoms with Gasteiger partial charge in [0.05, 0.1) is 10.8 Å². The zero-order valence-corrected chi connectivity index (χ0v) is 20.9. The second kappa shape index (κ2) is 8.34. The van der Waals surface area contributed by atoms with E-state index in [1.807, 2.05) is 49.9 Å². The molecule has 0 N–H and O–H groups in total. The lowest BCUT2D eigenvalue weighted by Crippen LogP contribution is -2.48. The Kier molecular flexibility index (Phi) is 6.05. The smallest absolute Gasteiger partial charge is 0.243 e. The maximum atomic E-state index is 13.5. The molecule has 5 nitrogen and oxygen atoms in total. The summed E-state index contributed by atoms with van der Waals surface area (Å²) in [4.78, 5) is 15.8. The Balaban J connectivity index is 1.60. The lowest BCUT2D eigenvalue weighted by Gasteiger charge is -2.35. The predicted octanol–water partition coefficient (Wildman–Crippen LogP) is 4.75. The zero-order valence-electron chi connectivity index (χ0n) is 18.5. The molecule has 166 valence electrons. The topological polar surface area (TPSA) is 57.7 Å². The van der Waals surface area contributed by atoms with Crippen LogP contribution in [0.15, 0.2) is 39.7 Å². The standard InChI is InChI=1S/C24H29BrN2O3S/c1-15-10-16(2)23(17(3)11-15)31(29,30)26-9-5-6-19(14-26)24(28)27-18(4)12-20-13-21(25)7-8-22(20)27/h7-8,10-11,13,18-19H,5-6,9,12,14H2,1-4H3/t18-,19-/m0/s1. The summed E-state index contributed by atoms with van der Waals surface area (Å²) < 4.78 is 29.6. The van der Waals surface area contributed by atoms with Crippen molar-refractivity contribution < 1.29 is 13.2 Å². The Labute approximate surface area is 193 Å². The SMILES string of the molecule is Cc1cc(C)c(S(=O)(=O)N2CCC[C@H](C(=O)N3c4ccc(Br)cc4C[C@@H]3C)C2)c(C)c1. The second-order valence-corrected chi connectivity index (χ2v) is 11.8. The van der Waals surface area contributed by atoms with Gasteiger partial charge in [0.25, 0.3) is 0 Å². The van der Waals surface area contributed by atoms with Crippen molar-refractivity contribution in [1.82, 2.24) is 4.31 Å². The Morgan fingerprint density at radius 3 is 2.45 bits per heavy atom. The molecular weight excluding hydrogens is 476 g/mol. The highest BCUT2D eigenvalue weighted by Gasteiger charge is 2.39. The van der Waals surface area contributed by atoms with Gasteiger partial charge in [-0.2, -0.15) is 4.31 Å². The highest BCUT2D eigenvalue weighted by molar-refractivity contribution is 9.10. The summed E-state index contributed by atoms with van der Waals surface area (Å²) in [5, 5.41) is 0. The third kappa shape index (κ3) is 4.08. The molecule has 4 rings (SSSR count). The first-order chi connectivity index (χ1) is 14.6. The quantitative estimate of drug-likeness (QED) is 0.605. The number of amides is 1. The van der Waals surface area contributed by atoms with E-state index in [1.54, 1.807) is 0 Å². The van der Waals surface area contributed by atoms with Crippen LogP contribution in [0.5, 0.6) is 0 Å². The first-order valence-electron chi connectivity index (χ1n) is 10.8. The fourth-order valence-electron chi connectivity index (χ4n) is 5.20. The number of fused-ring (bicyclic) bond motifs is 1.